The predicted molar refractivity (Wildman–Crippen MR) is 108 cm³/mol. The molecule has 0 radical (unpaired) electrons. The maximum atomic E-state index is 12.9. The van der Waals surface area contributed by atoms with Crippen LogP contribution >= 0.6 is 0 Å². The molecule has 0 aliphatic rings. The van der Waals surface area contributed by atoms with Gasteiger partial charge in [-0.3, -0.25) is 4.79 Å². The fraction of sp³-hybridized carbons (Fsp3) is 0.318. The molecule has 1 aromatic carbocycles. The molecule has 6 heteroatoms. The van der Waals surface area contributed by atoms with E-state index in [4.69, 9.17) is 4.74 Å². The second kappa shape index (κ2) is 9.28. The first-order valence-corrected chi connectivity index (χ1v) is 9.53. The van der Waals surface area contributed by atoms with Crippen LogP contribution in [0.15, 0.2) is 54.9 Å². The molecule has 0 aliphatic heterocycles. The molecule has 1 amide bonds. The van der Waals surface area contributed by atoms with Crippen LogP contribution in [-0.2, 0) is 17.9 Å². The molecule has 0 aliphatic carbocycles. The molecular weight excluding hydrogens is 352 g/mol. The van der Waals surface area contributed by atoms with Crippen LogP contribution in [0.25, 0.3) is 5.82 Å². The number of hydrogen-bond acceptors (Lipinski definition) is 4. The molecule has 0 unspecified atom stereocenters. The zero-order chi connectivity index (χ0) is 19.9. The van der Waals surface area contributed by atoms with Crippen LogP contribution in [0.5, 0.6) is 0 Å². The fourth-order valence-electron chi connectivity index (χ4n) is 3.10. The van der Waals surface area contributed by atoms with E-state index in [0.29, 0.717) is 31.1 Å². The molecule has 0 spiro atoms. The number of amides is 1. The number of ether oxygens (including phenoxy) is 1. The van der Waals surface area contributed by atoms with Gasteiger partial charge in [-0.25, -0.2) is 9.67 Å². The van der Waals surface area contributed by atoms with Gasteiger partial charge in [0, 0.05) is 19.3 Å². The molecule has 1 N–H and O–H groups in total. The van der Waals surface area contributed by atoms with Crippen molar-refractivity contribution in [2.24, 2.45) is 0 Å². The molecule has 0 saturated carbocycles. The minimum atomic E-state index is -0.142. The molecule has 3 rings (SSSR count). The number of carbonyl (C=O) groups excluding carboxylic acids is 1. The van der Waals surface area contributed by atoms with E-state index in [-0.39, 0.29) is 11.8 Å². The first-order valence-electron chi connectivity index (χ1n) is 9.53. The quantitative estimate of drug-likeness (QED) is 0.646. The van der Waals surface area contributed by atoms with Crippen molar-refractivity contribution in [1.29, 1.82) is 0 Å². The molecule has 146 valence electrons. The van der Waals surface area contributed by atoms with Crippen LogP contribution in [0.3, 0.4) is 0 Å². The summed E-state index contributed by atoms with van der Waals surface area (Å²) in [6.07, 6.45) is 3.33. The van der Waals surface area contributed by atoms with Gasteiger partial charge >= 0.3 is 0 Å². The predicted octanol–water partition coefficient (Wildman–Crippen LogP) is 3.86. The number of benzene rings is 1. The molecular formula is C22H26N4O2. The van der Waals surface area contributed by atoms with E-state index in [9.17, 15) is 4.79 Å². The Kier molecular flexibility index (Phi) is 6.55. The maximum Gasteiger partial charge on any atom is 0.255 e. The van der Waals surface area contributed by atoms with E-state index in [1.165, 1.54) is 0 Å². The lowest BCUT2D eigenvalue weighted by Crippen LogP contribution is -2.25. The van der Waals surface area contributed by atoms with Crippen LogP contribution in [0.2, 0.25) is 0 Å². The standard InChI is InChI=1S/C22H26N4O2/c1-4-28-15-18-10-6-5-9-17(18)13-24-22(27)19-14-25-26(21(19)16(2)3)20-11-7-8-12-23-20/h5-12,14,16H,4,13,15H2,1-3H3,(H,24,27). The Hall–Kier alpha value is -2.99. The summed E-state index contributed by atoms with van der Waals surface area (Å²) in [7, 11) is 0. The highest BCUT2D eigenvalue weighted by Gasteiger charge is 2.21. The van der Waals surface area contributed by atoms with Gasteiger partial charge in [-0.05, 0) is 36.1 Å². The Labute approximate surface area is 165 Å². The van der Waals surface area contributed by atoms with Crippen LogP contribution in [0.1, 0.15) is 53.9 Å². The lowest BCUT2D eigenvalue weighted by atomic mass is 10.0. The van der Waals surface area contributed by atoms with E-state index >= 15 is 0 Å². The van der Waals surface area contributed by atoms with Crippen molar-refractivity contribution in [2.45, 2.75) is 39.8 Å². The Morgan fingerprint density at radius 1 is 1.14 bits per heavy atom. The molecule has 28 heavy (non-hydrogen) atoms. The third-order valence-electron chi connectivity index (χ3n) is 4.48. The molecule has 0 fully saturated rings. The molecule has 0 atom stereocenters. The molecule has 6 nitrogen and oxygen atoms in total. The van der Waals surface area contributed by atoms with Gasteiger partial charge in [0.25, 0.3) is 5.91 Å². The summed E-state index contributed by atoms with van der Waals surface area (Å²) in [6, 6.07) is 13.6. The average molecular weight is 378 g/mol. The first-order chi connectivity index (χ1) is 13.6. The molecule has 0 bridgehead atoms. The molecule has 2 aromatic heterocycles. The summed E-state index contributed by atoms with van der Waals surface area (Å²) in [5.74, 6) is 0.680. The molecule has 0 saturated heterocycles. The minimum absolute atomic E-state index is 0.121. The number of aromatic nitrogens is 3. The SMILES string of the molecule is CCOCc1ccccc1CNC(=O)c1cnn(-c2ccccn2)c1C(C)C. The highest BCUT2D eigenvalue weighted by atomic mass is 16.5. The van der Waals surface area contributed by atoms with Crippen molar-refractivity contribution < 1.29 is 9.53 Å². The van der Waals surface area contributed by atoms with E-state index in [1.807, 2.05) is 63.2 Å². The highest BCUT2D eigenvalue weighted by Crippen LogP contribution is 2.22. The first kappa shape index (κ1) is 19.8. The summed E-state index contributed by atoms with van der Waals surface area (Å²) in [4.78, 5) is 17.3. The van der Waals surface area contributed by atoms with Crippen LogP contribution in [0, 0.1) is 0 Å². The number of nitrogens with one attached hydrogen (secondary N) is 1. The Morgan fingerprint density at radius 2 is 1.89 bits per heavy atom. The normalized spacial score (nSPS) is 11.0. The highest BCUT2D eigenvalue weighted by molar-refractivity contribution is 5.95. The zero-order valence-electron chi connectivity index (χ0n) is 16.6. The van der Waals surface area contributed by atoms with Crippen molar-refractivity contribution in [1.82, 2.24) is 20.1 Å². The third-order valence-corrected chi connectivity index (χ3v) is 4.48. The monoisotopic (exact) mass is 378 g/mol. The van der Waals surface area contributed by atoms with Gasteiger partial charge in [-0.15, -0.1) is 0 Å². The molecule has 3 aromatic rings. The van der Waals surface area contributed by atoms with Crippen LogP contribution in [-0.4, -0.2) is 27.3 Å². The van der Waals surface area contributed by atoms with Gasteiger partial charge in [0.05, 0.1) is 24.1 Å². The summed E-state index contributed by atoms with van der Waals surface area (Å²) in [6.45, 7) is 7.70. The second-order valence-electron chi connectivity index (χ2n) is 6.79. The Bertz CT molecular complexity index is 919. The van der Waals surface area contributed by atoms with Crippen molar-refractivity contribution in [2.75, 3.05) is 6.61 Å². The summed E-state index contributed by atoms with van der Waals surface area (Å²) in [5.41, 5.74) is 3.55. The zero-order valence-corrected chi connectivity index (χ0v) is 16.6. The third kappa shape index (κ3) is 4.46. The van der Waals surface area contributed by atoms with Gasteiger partial charge in [-0.1, -0.05) is 44.2 Å². The summed E-state index contributed by atoms with van der Waals surface area (Å²) < 4.78 is 7.26. The van der Waals surface area contributed by atoms with Crippen LogP contribution < -0.4 is 5.32 Å². The largest absolute Gasteiger partial charge is 0.377 e. The van der Waals surface area contributed by atoms with E-state index in [2.05, 4.69) is 15.4 Å². The maximum absolute atomic E-state index is 12.9. The van der Waals surface area contributed by atoms with Gasteiger partial charge < -0.3 is 10.1 Å². The van der Waals surface area contributed by atoms with Gasteiger partial charge in [0.1, 0.15) is 0 Å². The Morgan fingerprint density at radius 3 is 2.57 bits per heavy atom. The lowest BCUT2D eigenvalue weighted by Gasteiger charge is -2.13. The molecule has 2 heterocycles. The smallest absolute Gasteiger partial charge is 0.255 e. The van der Waals surface area contributed by atoms with Crippen molar-refractivity contribution in [3.63, 3.8) is 0 Å². The van der Waals surface area contributed by atoms with Gasteiger partial charge in [-0.2, -0.15) is 5.10 Å². The van der Waals surface area contributed by atoms with E-state index < -0.39 is 0 Å². The average Bonchev–Trinajstić information content (AvgIpc) is 3.17. The lowest BCUT2D eigenvalue weighted by molar-refractivity contribution is 0.0948. The topological polar surface area (TPSA) is 69.0 Å². The number of nitrogens with zero attached hydrogens (tertiary/aromatic N) is 3. The van der Waals surface area contributed by atoms with Crippen molar-refractivity contribution in [3.05, 3.63) is 77.2 Å². The Balaban J connectivity index is 1.80. The van der Waals surface area contributed by atoms with Gasteiger partial charge in [0.15, 0.2) is 5.82 Å². The van der Waals surface area contributed by atoms with Crippen LogP contribution in [0.4, 0.5) is 0 Å². The van der Waals surface area contributed by atoms with Crippen molar-refractivity contribution >= 4 is 5.91 Å². The fourth-order valence-corrected chi connectivity index (χ4v) is 3.10. The number of rotatable bonds is 8. The summed E-state index contributed by atoms with van der Waals surface area (Å²) in [5, 5.41) is 7.44. The minimum Gasteiger partial charge on any atom is -0.377 e. The van der Waals surface area contributed by atoms with E-state index in [0.717, 1.165) is 16.8 Å². The summed E-state index contributed by atoms with van der Waals surface area (Å²) >= 11 is 0. The number of pyridine rings is 1. The number of hydrogen-bond donors (Lipinski definition) is 1. The second-order valence-corrected chi connectivity index (χ2v) is 6.79. The van der Waals surface area contributed by atoms with E-state index in [1.54, 1.807) is 17.1 Å². The van der Waals surface area contributed by atoms with Gasteiger partial charge in [0.2, 0.25) is 0 Å². The number of carbonyl (C=O) groups is 1. The van der Waals surface area contributed by atoms with Crippen molar-refractivity contribution in [3.8, 4) is 5.82 Å².